The molecule has 3 aromatic carbocycles. The van der Waals surface area contributed by atoms with Crippen molar-refractivity contribution in [1.29, 1.82) is 0 Å². The maximum Gasteiger partial charge on any atom is 0.259 e. The predicted octanol–water partition coefficient (Wildman–Crippen LogP) is 6.17. The van der Waals surface area contributed by atoms with Crippen LogP contribution < -0.4 is 20.3 Å². The molecule has 1 saturated heterocycles. The largest absolute Gasteiger partial charge is 0.457 e. The van der Waals surface area contributed by atoms with Crippen LogP contribution in [-0.4, -0.2) is 29.0 Å². The Kier molecular flexibility index (Phi) is 6.57. The molecule has 0 saturated carbocycles. The normalized spacial score (nSPS) is 12.9. The van der Waals surface area contributed by atoms with Crippen LogP contribution in [0, 0.1) is 6.92 Å². The lowest BCUT2D eigenvalue weighted by molar-refractivity contribution is 0.102. The third-order valence-corrected chi connectivity index (χ3v) is 5.77. The molecule has 4 aromatic rings. The van der Waals surface area contributed by atoms with Gasteiger partial charge < -0.3 is 20.3 Å². The van der Waals surface area contributed by atoms with E-state index in [9.17, 15) is 4.79 Å². The van der Waals surface area contributed by atoms with Crippen LogP contribution in [0.1, 0.15) is 28.9 Å². The number of nitrogens with one attached hydrogen (secondary N) is 2. The molecule has 5 rings (SSSR count). The zero-order valence-electron chi connectivity index (χ0n) is 19.6. The molecule has 1 aliphatic rings. The lowest BCUT2D eigenvalue weighted by Gasteiger charge is -2.17. The van der Waals surface area contributed by atoms with Crippen LogP contribution >= 0.6 is 0 Å². The van der Waals surface area contributed by atoms with Crippen LogP contribution in [0.4, 0.5) is 23.1 Å². The summed E-state index contributed by atoms with van der Waals surface area (Å²) in [6.07, 6.45) is 2.39. The Hall–Kier alpha value is -4.39. The number of nitrogens with zero attached hydrogens (tertiary/aromatic N) is 3. The van der Waals surface area contributed by atoms with Crippen LogP contribution in [-0.2, 0) is 0 Å². The lowest BCUT2D eigenvalue weighted by atomic mass is 10.1. The van der Waals surface area contributed by atoms with Gasteiger partial charge in [0.2, 0.25) is 5.95 Å². The van der Waals surface area contributed by atoms with E-state index in [0.717, 1.165) is 30.3 Å². The Morgan fingerprint density at radius 1 is 0.857 bits per heavy atom. The van der Waals surface area contributed by atoms with Gasteiger partial charge in [-0.1, -0.05) is 30.3 Å². The number of anilines is 4. The van der Waals surface area contributed by atoms with Gasteiger partial charge in [0.25, 0.3) is 5.91 Å². The van der Waals surface area contributed by atoms with Gasteiger partial charge in [-0.2, -0.15) is 4.98 Å². The van der Waals surface area contributed by atoms with Crippen LogP contribution in [0.15, 0.2) is 84.9 Å². The molecule has 0 atom stereocenters. The third kappa shape index (κ3) is 5.58. The number of rotatable bonds is 7. The molecule has 0 bridgehead atoms. The van der Waals surface area contributed by atoms with Crippen molar-refractivity contribution in [3.63, 3.8) is 0 Å². The topological polar surface area (TPSA) is 79.4 Å². The highest BCUT2D eigenvalue weighted by atomic mass is 16.5. The molecule has 176 valence electrons. The molecular formula is C28H27N5O2. The van der Waals surface area contributed by atoms with E-state index in [1.54, 1.807) is 12.1 Å². The summed E-state index contributed by atoms with van der Waals surface area (Å²) in [6.45, 7) is 4.04. The Morgan fingerprint density at radius 3 is 2.31 bits per heavy atom. The Balaban J connectivity index is 1.26. The van der Waals surface area contributed by atoms with E-state index in [2.05, 4.69) is 25.5 Å². The van der Waals surface area contributed by atoms with Gasteiger partial charge >= 0.3 is 0 Å². The predicted molar refractivity (Wildman–Crippen MR) is 139 cm³/mol. The number of para-hydroxylation sites is 2. The van der Waals surface area contributed by atoms with E-state index >= 15 is 0 Å². The highest BCUT2D eigenvalue weighted by Crippen LogP contribution is 2.27. The monoisotopic (exact) mass is 465 g/mol. The fraction of sp³-hybridized carbons (Fsp3) is 0.179. The van der Waals surface area contributed by atoms with Crippen molar-refractivity contribution in [2.75, 3.05) is 28.6 Å². The second-order valence-electron chi connectivity index (χ2n) is 8.45. The van der Waals surface area contributed by atoms with Crippen molar-refractivity contribution >= 4 is 29.0 Å². The summed E-state index contributed by atoms with van der Waals surface area (Å²) in [5.41, 5.74) is 2.90. The van der Waals surface area contributed by atoms with Crippen molar-refractivity contribution in [3.05, 3.63) is 96.2 Å². The molecule has 0 radical (unpaired) electrons. The second kappa shape index (κ2) is 10.3. The lowest BCUT2D eigenvalue weighted by Crippen LogP contribution is -2.19. The van der Waals surface area contributed by atoms with Gasteiger partial charge in [0.05, 0.1) is 5.56 Å². The van der Waals surface area contributed by atoms with E-state index in [1.807, 2.05) is 79.7 Å². The Bertz CT molecular complexity index is 1300. The van der Waals surface area contributed by atoms with E-state index in [1.165, 1.54) is 12.8 Å². The molecular weight excluding hydrogens is 438 g/mol. The molecule has 7 heteroatoms. The van der Waals surface area contributed by atoms with E-state index < -0.39 is 0 Å². The summed E-state index contributed by atoms with van der Waals surface area (Å²) < 4.78 is 5.92. The quantitative estimate of drug-likeness (QED) is 0.340. The van der Waals surface area contributed by atoms with Crippen LogP contribution in [0.3, 0.4) is 0 Å². The number of ether oxygens (including phenoxy) is 1. The number of aryl methyl sites for hydroxylation is 1. The van der Waals surface area contributed by atoms with Gasteiger partial charge in [-0.15, -0.1) is 0 Å². The van der Waals surface area contributed by atoms with Gasteiger partial charge in [-0.3, -0.25) is 4.79 Å². The van der Waals surface area contributed by atoms with E-state index in [-0.39, 0.29) is 5.91 Å². The molecule has 1 aliphatic heterocycles. The van der Waals surface area contributed by atoms with Crippen molar-refractivity contribution in [3.8, 4) is 11.5 Å². The summed E-state index contributed by atoms with van der Waals surface area (Å²) in [5.74, 6) is 2.46. The summed E-state index contributed by atoms with van der Waals surface area (Å²) in [5, 5.41) is 6.22. The fourth-order valence-corrected chi connectivity index (χ4v) is 4.04. The van der Waals surface area contributed by atoms with Gasteiger partial charge in [0.1, 0.15) is 17.3 Å². The SMILES string of the molecule is Cc1cc(N2CCCC2)nc(Nc2ccc(NC(=O)c3ccccc3Oc3ccccc3)cc2)n1. The highest BCUT2D eigenvalue weighted by Gasteiger charge is 2.16. The van der Waals surface area contributed by atoms with Gasteiger partial charge in [0, 0.05) is 36.2 Å². The van der Waals surface area contributed by atoms with Crippen molar-refractivity contribution < 1.29 is 9.53 Å². The average Bonchev–Trinajstić information content (AvgIpc) is 3.41. The molecule has 1 fully saturated rings. The summed E-state index contributed by atoms with van der Waals surface area (Å²) in [4.78, 5) is 24.5. The molecule has 1 amide bonds. The number of carbonyl (C=O) groups excluding carboxylic acids is 1. The van der Waals surface area contributed by atoms with E-state index in [0.29, 0.717) is 28.7 Å². The first kappa shape index (κ1) is 22.4. The zero-order chi connectivity index (χ0) is 24.0. The smallest absolute Gasteiger partial charge is 0.259 e. The third-order valence-electron chi connectivity index (χ3n) is 5.77. The molecule has 35 heavy (non-hydrogen) atoms. The minimum atomic E-state index is -0.241. The fourth-order valence-electron chi connectivity index (χ4n) is 4.04. The standard InChI is InChI=1S/C28H27N5O2/c1-20-19-26(33-17-7-8-18-33)32-28(29-20)31-22-15-13-21(14-16-22)30-27(34)24-11-5-6-12-25(24)35-23-9-3-2-4-10-23/h2-6,9-16,19H,7-8,17-18H2,1H3,(H,30,34)(H,29,31,32). The van der Waals surface area contributed by atoms with Gasteiger partial charge in [-0.05, 0) is 68.3 Å². The summed E-state index contributed by atoms with van der Waals surface area (Å²) in [6, 6.07) is 26.1. The first-order valence-electron chi connectivity index (χ1n) is 11.7. The number of hydrogen-bond acceptors (Lipinski definition) is 6. The van der Waals surface area contributed by atoms with Crippen LogP contribution in [0.25, 0.3) is 0 Å². The minimum absolute atomic E-state index is 0.241. The summed E-state index contributed by atoms with van der Waals surface area (Å²) in [7, 11) is 0. The average molecular weight is 466 g/mol. The number of aromatic nitrogens is 2. The summed E-state index contributed by atoms with van der Waals surface area (Å²) >= 11 is 0. The zero-order valence-corrected chi connectivity index (χ0v) is 19.6. The maximum absolute atomic E-state index is 13.0. The Labute approximate surface area is 204 Å². The minimum Gasteiger partial charge on any atom is -0.457 e. The number of carbonyl (C=O) groups is 1. The van der Waals surface area contributed by atoms with Crippen LogP contribution in [0.5, 0.6) is 11.5 Å². The van der Waals surface area contributed by atoms with Crippen molar-refractivity contribution in [2.24, 2.45) is 0 Å². The maximum atomic E-state index is 13.0. The number of amides is 1. The Morgan fingerprint density at radius 2 is 1.54 bits per heavy atom. The molecule has 1 aromatic heterocycles. The molecule has 7 nitrogen and oxygen atoms in total. The van der Waals surface area contributed by atoms with E-state index in [4.69, 9.17) is 4.74 Å². The highest BCUT2D eigenvalue weighted by molar-refractivity contribution is 6.06. The second-order valence-corrected chi connectivity index (χ2v) is 8.45. The van der Waals surface area contributed by atoms with Crippen molar-refractivity contribution in [2.45, 2.75) is 19.8 Å². The molecule has 2 heterocycles. The molecule has 0 aliphatic carbocycles. The van der Waals surface area contributed by atoms with Gasteiger partial charge in [0.15, 0.2) is 0 Å². The number of hydrogen-bond donors (Lipinski definition) is 2. The first-order chi connectivity index (χ1) is 17.1. The molecule has 0 unspecified atom stereocenters. The molecule has 2 N–H and O–H groups in total. The molecule has 0 spiro atoms. The first-order valence-corrected chi connectivity index (χ1v) is 11.7. The van der Waals surface area contributed by atoms with Crippen molar-refractivity contribution in [1.82, 2.24) is 9.97 Å². The van der Waals surface area contributed by atoms with Gasteiger partial charge in [-0.25, -0.2) is 4.98 Å². The van der Waals surface area contributed by atoms with Crippen LogP contribution in [0.2, 0.25) is 0 Å². The number of benzene rings is 3.